The van der Waals surface area contributed by atoms with Gasteiger partial charge in [-0.1, -0.05) is 36.4 Å². The van der Waals surface area contributed by atoms with Gasteiger partial charge in [0.1, 0.15) is 42.5 Å². The highest BCUT2D eigenvalue weighted by Crippen LogP contribution is 2.40. The summed E-state index contributed by atoms with van der Waals surface area (Å²) in [6.45, 7) is 4.70. The maximum absolute atomic E-state index is 16.1. The van der Waals surface area contributed by atoms with Crippen LogP contribution in [0.25, 0.3) is 10.8 Å². The van der Waals surface area contributed by atoms with Crippen LogP contribution in [0.4, 0.5) is 14.9 Å². The number of ether oxygens (including phenoxy) is 3. The highest BCUT2D eigenvalue weighted by Gasteiger charge is 2.38. The summed E-state index contributed by atoms with van der Waals surface area (Å²) in [4.78, 5) is 24.1. The molecule has 0 saturated carbocycles. The normalized spacial score (nSPS) is 14.6. The van der Waals surface area contributed by atoms with E-state index in [0.717, 1.165) is 10.2 Å². The van der Waals surface area contributed by atoms with Crippen molar-refractivity contribution in [3.63, 3.8) is 0 Å². The molecule has 1 aromatic heterocycles. The van der Waals surface area contributed by atoms with Crippen molar-refractivity contribution in [1.82, 2.24) is 14.5 Å². The summed E-state index contributed by atoms with van der Waals surface area (Å²) in [7, 11) is -4.32. The molecule has 0 aliphatic carbocycles. The van der Waals surface area contributed by atoms with Crippen LogP contribution in [0, 0.1) is 5.82 Å². The van der Waals surface area contributed by atoms with Gasteiger partial charge in [0.05, 0.1) is 6.20 Å². The summed E-state index contributed by atoms with van der Waals surface area (Å²) < 4.78 is 61.9. The summed E-state index contributed by atoms with van der Waals surface area (Å²) in [6.07, 6.45) is 2.27. The van der Waals surface area contributed by atoms with E-state index in [0.29, 0.717) is 15.3 Å². The quantitative estimate of drug-likeness (QED) is 0.342. The Hall–Kier alpha value is -4.65. The summed E-state index contributed by atoms with van der Waals surface area (Å²) in [5.41, 5.74) is 0.283. The first-order chi connectivity index (χ1) is 19.4. The minimum Gasteiger partial charge on any atom is -0.489 e. The van der Waals surface area contributed by atoms with Crippen molar-refractivity contribution in [1.29, 1.82) is 0 Å². The molecule has 1 fully saturated rings. The van der Waals surface area contributed by atoms with E-state index < -0.39 is 40.2 Å². The molecule has 13 heteroatoms. The smallest absolute Gasteiger partial charge is 0.435 e. The van der Waals surface area contributed by atoms with Gasteiger partial charge in [-0.25, -0.2) is 18.2 Å². The molecule has 0 atom stereocenters. The third-order valence-electron chi connectivity index (χ3n) is 5.92. The molecule has 0 unspecified atom stereocenters. The van der Waals surface area contributed by atoms with E-state index in [-0.39, 0.29) is 35.8 Å². The number of benzene rings is 3. The van der Waals surface area contributed by atoms with Crippen molar-refractivity contribution >= 4 is 38.7 Å². The SMILES string of the molecule is CC(C)(C)OC(=O)n1cc(COc2ccc3cc(OCc4ccccc4)c(N4CC(=O)NS4(=O)=O)c(F)c3c2)cn1. The molecule has 3 aromatic carbocycles. The van der Waals surface area contributed by atoms with Crippen molar-refractivity contribution in [3.05, 3.63) is 83.9 Å². The van der Waals surface area contributed by atoms with Crippen LogP contribution in [0.3, 0.4) is 0 Å². The van der Waals surface area contributed by atoms with Gasteiger partial charge in [-0.15, -0.1) is 0 Å². The molecule has 1 aliphatic heterocycles. The summed E-state index contributed by atoms with van der Waals surface area (Å²) in [6, 6.07) is 15.3. The van der Waals surface area contributed by atoms with E-state index in [1.54, 1.807) is 32.9 Å². The molecule has 1 aliphatic rings. The lowest BCUT2D eigenvalue weighted by molar-refractivity contribution is -0.117. The third kappa shape index (κ3) is 6.24. The summed E-state index contributed by atoms with van der Waals surface area (Å²) in [5, 5.41) is 4.48. The molecule has 0 spiro atoms. The van der Waals surface area contributed by atoms with E-state index in [9.17, 15) is 18.0 Å². The number of nitrogens with zero attached hydrogens (tertiary/aromatic N) is 3. The van der Waals surface area contributed by atoms with Gasteiger partial charge < -0.3 is 14.2 Å². The minimum atomic E-state index is -4.32. The van der Waals surface area contributed by atoms with Crippen molar-refractivity contribution in [2.75, 3.05) is 10.8 Å². The largest absolute Gasteiger partial charge is 0.489 e. The van der Waals surface area contributed by atoms with Crippen molar-refractivity contribution in [2.45, 2.75) is 39.6 Å². The van der Waals surface area contributed by atoms with Gasteiger partial charge in [0.25, 0.3) is 5.91 Å². The predicted octanol–water partition coefficient (Wildman–Crippen LogP) is 4.30. The van der Waals surface area contributed by atoms with Gasteiger partial charge in [0, 0.05) is 17.1 Å². The Morgan fingerprint density at radius 3 is 2.46 bits per heavy atom. The molecule has 214 valence electrons. The molecule has 1 saturated heterocycles. The van der Waals surface area contributed by atoms with E-state index in [1.165, 1.54) is 24.5 Å². The number of carbonyl (C=O) groups is 2. The number of aromatic nitrogens is 2. The fourth-order valence-corrected chi connectivity index (χ4v) is 5.28. The Labute approximate surface area is 235 Å². The Balaban J connectivity index is 1.43. The van der Waals surface area contributed by atoms with Gasteiger partial charge >= 0.3 is 16.3 Å². The fourth-order valence-electron chi connectivity index (χ4n) is 4.12. The lowest BCUT2D eigenvalue weighted by Crippen LogP contribution is -2.30. The zero-order valence-corrected chi connectivity index (χ0v) is 23.3. The summed E-state index contributed by atoms with van der Waals surface area (Å²) in [5.74, 6) is -1.44. The molecule has 1 amide bonds. The van der Waals surface area contributed by atoms with Gasteiger partial charge in [-0.2, -0.15) is 18.2 Å². The molecular formula is C28H27FN4O7S. The van der Waals surface area contributed by atoms with Crippen LogP contribution in [0.15, 0.2) is 67.0 Å². The number of halogens is 1. The Bertz CT molecular complexity index is 1730. The topological polar surface area (TPSA) is 129 Å². The third-order valence-corrected chi connectivity index (χ3v) is 7.30. The molecule has 4 aromatic rings. The van der Waals surface area contributed by atoms with Crippen molar-refractivity contribution in [3.8, 4) is 11.5 Å². The van der Waals surface area contributed by atoms with Crippen LogP contribution in [-0.2, 0) is 33.0 Å². The second-order valence-electron chi connectivity index (χ2n) is 10.3. The Kier molecular flexibility index (Phi) is 7.30. The molecule has 11 nitrogen and oxygen atoms in total. The van der Waals surface area contributed by atoms with Gasteiger partial charge in [-0.05, 0) is 49.9 Å². The number of amides is 1. The molecule has 0 radical (unpaired) electrons. The number of fused-ring (bicyclic) bond motifs is 1. The number of anilines is 1. The van der Waals surface area contributed by atoms with E-state index >= 15 is 4.39 Å². The van der Waals surface area contributed by atoms with E-state index in [2.05, 4.69) is 5.10 Å². The van der Waals surface area contributed by atoms with Crippen LogP contribution in [0.5, 0.6) is 11.5 Å². The van der Waals surface area contributed by atoms with Crippen LogP contribution in [0.1, 0.15) is 31.9 Å². The van der Waals surface area contributed by atoms with Crippen molar-refractivity contribution in [2.24, 2.45) is 0 Å². The van der Waals surface area contributed by atoms with E-state index in [4.69, 9.17) is 14.2 Å². The predicted molar refractivity (Wildman–Crippen MR) is 147 cm³/mol. The number of hydrogen-bond acceptors (Lipinski definition) is 8. The first kappa shape index (κ1) is 27.9. The molecule has 0 bridgehead atoms. The summed E-state index contributed by atoms with van der Waals surface area (Å²) >= 11 is 0. The zero-order chi connectivity index (χ0) is 29.4. The van der Waals surface area contributed by atoms with Crippen LogP contribution < -0.4 is 18.5 Å². The molecule has 1 N–H and O–H groups in total. The average Bonchev–Trinajstić information content (AvgIpc) is 3.49. The standard InChI is InChI=1S/C28H27FN4O7S/c1-28(2,3)40-27(35)32-14-19(13-30-32)17-38-21-10-9-20-11-23(39-16-18-7-5-4-6-8-18)26(25(29)22(20)12-21)33-15-24(34)31-41(33,36)37/h4-14H,15-17H2,1-3H3,(H,31,34). The maximum atomic E-state index is 16.1. The number of rotatable bonds is 7. The molecule has 5 rings (SSSR count). The second kappa shape index (κ2) is 10.7. The fraction of sp³-hybridized carbons (Fsp3) is 0.250. The number of nitrogens with one attached hydrogen (secondary N) is 1. The Morgan fingerprint density at radius 2 is 1.78 bits per heavy atom. The lowest BCUT2D eigenvalue weighted by Gasteiger charge is -2.21. The van der Waals surface area contributed by atoms with E-state index in [1.807, 2.05) is 35.1 Å². The van der Waals surface area contributed by atoms with Crippen LogP contribution >= 0.6 is 0 Å². The van der Waals surface area contributed by atoms with Gasteiger partial charge in [0.2, 0.25) is 0 Å². The number of hydrogen-bond donors (Lipinski definition) is 1. The second-order valence-corrected chi connectivity index (χ2v) is 11.9. The first-order valence-corrected chi connectivity index (χ1v) is 14.0. The highest BCUT2D eigenvalue weighted by atomic mass is 32.2. The molecular weight excluding hydrogens is 555 g/mol. The lowest BCUT2D eigenvalue weighted by atomic mass is 10.1. The molecule has 41 heavy (non-hydrogen) atoms. The monoisotopic (exact) mass is 582 g/mol. The van der Waals surface area contributed by atoms with Crippen LogP contribution in [0.2, 0.25) is 0 Å². The number of carbonyl (C=O) groups excluding carboxylic acids is 2. The Morgan fingerprint density at radius 1 is 1.05 bits per heavy atom. The zero-order valence-electron chi connectivity index (χ0n) is 22.5. The maximum Gasteiger partial charge on any atom is 0.435 e. The van der Waals surface area contributed by atoms with Gasteiger partial charge in [0.15, 0.2) is 5.82 Å². The average molecular weight is 583 g/mol. The highest BCUT2D eigenvalue weighted by molar-refractivity contribution is 7.92. The minimum absolute atomic E-state index is 0.0139. The first-order valence-electron chi connectivity index (χ1n) is 12.6. The van der Waals surface area contributed by atoms with Crippen LogP contribution in [-0.4, -0.2) is 42.3 Å². The van der Waals surface area contributed by atoms with Gasteiger partial charge in [-0.3, -0.25) is 4.79 Å². The van der Waals surface area contributed by atoms with Crippen molar-refractivity contribution < 1.29 is 36.6 Å². The molecule has 2 heterocycles.